The summed E-state index contributed by atoms with van der Waals surface area (Å²) in [5.41, 5.74) is 3.58. The average Bonchev–Trinajstić information content (AvgIpc) is 2.71. The van der Waals surface area contributed by atoms with Crippen LogP contribution in [-0.2, 0) is 6.54 Å². The van der Waals surface area contributed by atoms with Crippen LogP contribution in [0.1, 0.15) is 37.7 Å². The lowest BCUT2D eigenvalue weighted by molar-refractivity contribution is 0.0755. The number of hydrogen-bond acceptors (Lipinski definition) is 2. The van der Waals surface area contributed by atoms with Gasteiger partial charge in [0.25, 0.3) is 0 Å². The van der Waals surface area contributed by atoms with Gasteiger partial charge in [0.2, 0.25) is 0 Å². The second-order valence-corrected chi connectivity index (χ2v) is 7.81. The van der Waals surface area contributed by atoms with E-state index in [4.69, 9.17) is 0 Å². The van der Waals surface area contributed by atoms with Crippen LogP contribution in [0.4, 0.5) is 4.39 Å². The van der Waals surface area contributed by atoms with Gasteiger partial charge in [-0.1, -0.05) is 55.7 Å². The lowest BCUT2D eigenvalue weighted by Gasteiger charge is -2.40. The molecule has 0 N–H and O–H groups in total. The molecule has 2 fully saturated rings. The molecule has 0 spiro atoms. The van der Waals surface area contributed by atoms with Gasteiger partial charge in [0.05, 0.1) is 0 Å². The van der Waals surface area contributed by atoms with Gasteiger partial charge in [0, 0.05) is 38.8 Å². The smallest absolute Gasteiger partial charge is 0.123 e. The van der Waals surface area contributed by atoms with Crippen molar-refractivity contribution in [3.8, 4) is 11.1 Å². The zero-order chi connectivity index (χ0) is 17.8. The zero-order valence-electron chi connectivity index (χ0n) is 15.5. The first kappa shape index (κ1) is 17.7. The molecule has 0 unspecified atom stereocenters. The Hall–Kier alpha value is -1.71. The van der Waals surface area contributed by atoms with Crippen LogP contribution in [0.2, 0.25) is 0 Å². The molecule has 0 bridgehead atoms. The highest BCUT2D eigenvalue weighted by molar-refractivity contribution is 5.63. The summed E-state index contributed by atoms with van der Waals surface area (Å²) in [6.07, 6.45) is 7.09. The summed E-state index contributed by atoms with van der Waals surface area (Å²) < 4.78 is 13.1. The number of nitrogens with zero attached hydrogens (tertiary/aromatic N) is 2. The maximum atomic E-state index is 13.1. The largest absolute Gasteiger partial charge is 0.298 e. The topological polar surface area (TPSA) is 6.48 Å². The van der Waals surface area contributed by atoms with Crippen molar-refractivity contribution in [1.29, 1.82) is 0 Å². The molecule has 0 atom stereocenters. The minimum atomic E-state index is -0.183. The minimum absolute atomic E-state index is 0.183. The van der Waals surface area contributed by atoms with Crippen molar-refractivity contribution in [1.82, 2.24) is 9.80 Å². The van der Waals surface area contributed by atoms with Gasteiger partial charge in [-0.05, 0) is 41.7 Å². The maximum absolute atomic E-state index is 13.1. The number of benzene rings is 2. The van der Waals surface area contributed by atoms with Gasteiger partial charge in [0.1, 0.15) is 5.82 Å². The third-order valence-corrected chi connectivity index (χ3v) is 6.04. The Morgan fingerprint density at radius 3 is 1.92 bits per heavy atom. The summed E-state index contributed by atoms with van der Waals surface area (Å²) in [4.78, 5) is 5.31. The van der Waals surface area contributed by atoms with Crippen LogP contribution in [0.25, 0.3) is 11.1 Å². The Bertz CT molecular complexity index is 681. The normalized spacial score (nSPS) is 20.3. The van der Waals surface area contributed by atoms with Crippen LogP contribution < -0.4 is 0 Å². The van der Waals surface area contributed by atoms with E-state index in [2.05, 4.69) is 34.1 Å². The number of piperazine rings is 1. The van der Waals surface area contributed by atoms with E-state index in [1.807, 2.05) is 12.1 Å². The van der Waals surface area contributed by atoms with E-state index in [1.165, 1.54) is 76.0 Å². The maximum Gasteiger partial charge on any atom is 0.123 e. The Kier molecular flexibility index (Phi) is 5.66. The van der Waals surface area contributed by atoms with Crippen LogP contribution in [0.15, 0.2) is 48.5 Å². The number of rotatable bonds is 4. The van der Waals surface area contributed by atoms with Crippen molar-refractivity contribution in [3.63, 3.8) is 0 Å². The van der Waals surface area contributed by atoms with Gasteiger partial charge in [-0.15, -0.1) is 0 Å². The monoisotopic (exact) mass is 352 g/mol. The van der Waals surface area contributed by atoms with Crippen molar-refractivity contribution in [2.75, 3.05) is 26.2 Å². The van der Waals surface area contributed by atoms with Gasteiger partial charge in [-0.2, -0.15) is 0 Å². The van der Waals surface area contributed by atoms with Gasteiger partial charge < -0.3 is 0 Å². The third kappa shape index (κ3) is 4.33. The molecule has 1 saturated heterocycles. The molecule has 1 saturated carbocycles. The first-order valence-electron chi connectivity index (χ1n) is 10.1. The summed E-state index contributed by atoms with van der Waals surface area (Å²) in [5, 5.41) is 0. The molecule has 0 amide bonds. The molecule has 2 aromatic rings. The van der Waals surface area contributed by atoms with E-state index >= 15 is 0 Å². The lowest BCUT2D eigenvalue weighted by Crippen LogP contribution is -2.50. The predicted molar refractivity (Wildman–Crippen MR) is 106 cm³/mol. The van der Waals surface area contributed by atoms with Crippen molar-refractivity contribution < 1.29 is 4.39 Å². The van der Waals surface area contributed by atoms with Gasteiger partial charge in [0.15, 0.2) is 0 Å². The molecule has 138 valence electrons. The average molecular weight is 352 g/mol. The molecular formula is C23H29FN2. The van der Waals surface area contributed by atoms with Gasteiger partial charge in [-0.25, -0.2) is 4.39 Å². The summed E-state index contributed by atoms with van der Waals surface area (Å²) in [6, 6.07) is 16.3. The van der Waals surface area contributed by atoms with E-state index in [1.54, 1.807) is 0 Å². The van der Waals surface area contributed by atoms with Crippen molar-refractivity contribution in [2.24, 2.45) is 0 Å². The summed E-state index contributed by atoms with van der Waals surface area (Å²) in [6.45, 7) is 5.82. The van der Waals surface area contributed by atoms with E-state index in [0.29, 0.717) is 0 Å². The van der Waals surface area contributed by atoms with Crippen LogP contribution in [0, 0.1) is 5.82 Å². The fraction of sp³-hybridized carbons (Fsp3) is 0.478. The van der Waals surface area contributed by atoms with Crippen molar-refractivity contribution in [3.05, 3.63) is 59.9 Å². The quantitative estimate of drug-likeness (QED) is 0.769. The first-order chi connectivity index (χ1) is 12.8. The summed E-state index contributed by atoms with van der Waals surface area (Å²) in [5.74, 6) is -0.183. The van der Waals surface area contributed by atoms with Crippen molar-refractivity contribution in [2.45, 2.75) is 44.7 Å². The molecule has 1 aliphatic heterocycles. The molecule has 2 aliphatic rings. The molecular weight excluding hydrogens is 323 g/mol. The third-order valence-electron chi connectivity index (χ3n) is 6.04. The molecule has 4 rings (SSSR count). The summed E-state index contributed by atoms with van der Waals surface area (Å²) in [7, 11) is 0. The highest BCUT2D eigenvalue weighted by atomic mass is 19.1. The predicted octanol–water partition coefficient (Wildman–Crippen LogP) is 4.94. The van der Waals surface area contributed by atoms with Gasteiger partial charge >= 0.3 is 0 Å². The zero-order valence-corrected chi connectivity index (χ0v) is 15.5. The van der Waals surface area contributed by atoms with Crippen molar-refractivity contribution >= 4 is 0 Å². The number of halogens is 1. The SMILES string of the molecule is Fc1ccc(-c2ccc(CN3CCN(C4CCCCC4)CC3)cc2)cc1. The Balaban J connectivity index is 1.30. The molecule has 26 heavy (non-hydrogen) atoms. The first-order valence-corrected chi connectivity index (χ1v) is 10.1. The molecule has 1 aliphatic carbocycles. The molecule has 1 heterocycles. The summed E-state index contributed by atoms with van der Waals surface area (Å²) >= 11 is 0. The van der Waals surface area contributed by atoms with Gasteiger partial charge in [-0.3, -0.25) is 9.80 Å². The molecule has 3 heteroatoms. The fourth-order valence-electron chi connectivity index (χ4n) is 4.44. The van der Waals surface area contributed by atoms with Crippen LogP contribution in [-0.4, -0.2) is 42.0 Å². The van der Waals surface area contributed by atoms with Crippen LogP contribution >= 0.6 is 0 Å². The van der Waals surface area contributed by atoms with E-state index in [0.717, 1.165) is 23.7 Å². The Morgan fingerprint density at radius 2 is 1.31 bits per heavy atom. The van der Waals surface area contributed by atoms with E-state index in [9.17, 15) is 4.39 Å². The number of hydrogen-bond donors (Lipinski definition) is 0. The second-order valence-electron chi connectivity index (χ2n) is 7.81. The lowest BCUT2D eigenvalue weighted by atomic mass is 9.94. The minimum Gasteiger partial charge on any atom is -0.298 e. The molecule has 2 aromatic carbocycles. The molecule has 2 nitrogen and oxygen atoms in total. The standard InChI is InChI=1S/C23H29FN2/c24-22-12-10-21(11-13-22)20-8-6-19(7-9-20)18-25-14-16-26(17-15-25)23-4-2-1-3-5-23/h6-13,23H,1-5,14-18H2. The molecule has 0 radical (unpaired) electrons. The molecule has 0 aromatic heterocycles. The second kappa shape index (κ2) is 8.32. The van der Waals surface area contributed by atoms with E-state index in [-0.39, 0.29) is 5.82 Å². The van der Waals surface area contributed by atoms with Crippen LogP contribution in [0.3, 0.4) is 0 Å². The fourth-order valence-corrected chi connectivity index (χ4v) is 4.44. The van der Waals surface area contributed by atoms with Crippen LogP contribution in [0.5, 0.6) is 0 Å². The van der Waals surface area contributed by atoms with E-state index < -0.39 is 0 Å². The Labute approximate surface area is 156 Å². The highest BCUT2D eigenvalue weighted by Gasteiger charge is 2.24. The Morgan fingerprint density at radius 1 is 0.731 bits per heavy atom. The highest BCUT2D eigenvalue weighted by Crippen LogP contribution is 2.24.